The molecule has 2 heterocycles. The average Bonchev–Trinajstić information content (AvgIpc) is 3.22. The van der Waals surface area contributed by atoms with Crippen molar-refractivity contribution in [3.8, 4) is 11.3 Å². The van der Waals surface area contributed by atoms with Crippen LogP contribution in [-0.2, 0) is 24.5 Å². The van der Waals surface area contributed by atoms with Crippen LogP contribution in [0, 0.1) is 0 Å². The molecule has 1 amide bonds. The zero-order chi connectivity index (χ0) is 22.5. The Labute approximate surface area is 185 Å². The lowest BCUT2D eigenvalue weighted by Gasteiger charge is -2.21. The fourth-order valence-corrected chi connectivity index (χ4v) is 3.57. The summed E-state index contributed by atoms with van der Waals surface area (Å²) < 4.78 is 1.75. The predicted octanol–water partition coefficient (Wildman–Crippen LogP) is 2.78. The molecule has 32 heavy (non-hydrogen) atoms. The highest BCUT2D eigenvalue weighted by atomic mass is 16.3. The van der Waals surface area contributed by atoms with Crippen LogP contribution in [0.3, 0.4) is 0 Å². The second-order valence-electron chi connectivity index (χ2n) is 7.33. The number of aliphatic hydroxyl groups is 1. The number of fused-ring (bicyclic) bond motifs is 1. The number of nitrogen functional groups attached to an aromatic ring is 1. The lowest BCUT2D eigenvalue weighted by molar-refractivity contribution is -0.126. The molecule has 0 atom stereocenters. The fraction of sp³-hybridized carbons (Fsp3) is 0.167. The monoisotopic (exact) mass is 428 g/mol. The maximum absolute atomic E-state index is 12.5. The van der Waals surface area contributed by atoms with Crippen LogP contribution in [0.5, 0.6) is 0 Å². The minimum absolute atomic E-state index is 0.0324. The quantitative estimate of drug-likeness (QED) is 0.418. The van der Waals surface area contributed by atoms with Crippen molar-refractivity contribution in [2.24, 2.45) is 0 Å². The largest absolute Gasteiger partial charge is 0.392 e. The molecule has 2 aromatic carbocycles. The van der Waals surface area contributed by atoms with E-state index < -0.39 is 0 Å². The Morgan fingerprint density at radius 2 is 1.84 bits per heavy atom. The van der Waals surface area contributed by atoms with E-state index >= 15 is 0 Å². The molecule has 162 valence electrons. The van der Waals surface area contributed by atoms with Crippen molar-refractivity contribution >= 4 is 22.8 Å². The molecular weight excluding hydrogens is 404 g/mol. The van der Waals surface area contributed by atoms with Gasteiger partial charge in [0.2, 0.25) is 5.91 Å². The molecule has 8 nitrogen and oxygen atoms in total. The Kier molecular flexibility index (Phi) is 6.23. The van der Waals surface area contributed by atoms with Crippen LogP contribution in [0.25, 0.3) is 22.3 Å². The first kappa shape index (κ1) is 21.2. The Morgan fingerprint density at radius 1 is 1.09 bits per heavy atom. The zero-order valence-electron chi connectivity index (χ0n) is 17.6. The van der Waals surface area contributed by atoms with E-state index in [0.717, 1.165) is 16.7 Å². The second-order valence-corrected chi connectivity index (χ2v) is 7.33. The number of anilines is 1. The molecule has 4 aromatic rings. The van der Waals surface area contributed by atoms with Crippen molar-refractivity contribution in [2.45, 2.75) is 19.7 Å². The number of nitrogens with zero attached hydrogens (tertiary/aromatic N) is 5. The third kappa shape index (κ3) is 4.35. The van der Waals surface area contributed by atoms with Crippen molar-refractivity contribution < 1.29 is 9.90 Å². The summed E-state index contributed by atoms with van der Waals surface area (Å²) in [6.07, 6.45) is 2.73. The highest BCUT2D eigenvalue weighted by molar-refractivity contribution is 5.98. The zero-order valence-corrected chi connectivity index (χ0v) is 17.6. The van der Waals surface area contributed by atoms with E-state index in [1.807, 2.05) is 54.6 Å². The molecule has 3 N–H and O–H groups in total. The lowest BCUT2D eigenvalue weighted by atomic mass is 10.1. The van der Waals surface area contributed by atoms with Gasteiger partial charge in [-0.25, -0.2) is 14.6 Å². The molecule has 2 aromatic heterocycles. The average molecular weight is 428 g/mol. The summed E-state index contributed by atoms with van der Waals surface area (Å²) in [5.74, 6) is 0.185. The number of amides is 1. The smallest absolute Gasteiger partial charge is 0.246 e. The number of aromatic nitrogens is 4. The maximum Gasteiger partial charge on any atom is 0.246 e. The molecular formula is C24H24N6O2. The third-order valence-electron chi connectivity index (χ3n) is 5.25. The van der Waals surface area contributed by atoms with Gasteiger partial charge in [-0.05, 0) is 17.2 Å². The standard InChI is InChI=1S/C24H24N6O2/c1-2-20(32)29(14-17-6-4-3-5-7-17)12-13-30-24-21(23(25)26-16-27-24)22(28-30)19-10-8-18(15-31)9-11-19/h2-11,16,31H,1,12-15H2,(H2,25,26,27). The van der Waals surface area contributed by atoms with Crippen LogP contribution in [0.15, 0.2) is 73.6 Å². The van der Waals surface area contributed by atoms with E-state index in [4.69, 9.17) is 10.8 Å². The topological polar surface area (TPSA) is 110 Å². The molecule has 0 spiro atoms. The SMILES string of the molecule is C=CC(=O)N(CCn1nc(-c2ccc(CO)cc2)c2c(N)ncnc21)Cc1ccccc1. The van der Waals surface area contributed by atoms with Gasteiger partial charge in [0.1, 0.15) is 17.8 Å². The minimum Gasteiger partial charge on any atom is -0.392 e. The summed E-state index contributed by atoms with van der Waals surface area (Å²) in [6.45, 7) is 4.91. The lowest BCUT2D eigenvalue weighted by Crippen LogP contribution is -2.32. The number of nitrogens with two attached hydrogens (primary N) is 1. The highest BCUT2D eigenvalue weighted by Gasteiger charge is 2.18. The molecule has 0 aliphatic heterocycles. The van der Waals surface area contributed by atoms with Gasteiger partial charge in [0.05, 0.1) is 18.5 Å². The van der Waals surface area contributed by atoms with Gasteiger partial charge >= 0.3 is 0 Å². The first-order valence-electron chi connectivity index (χ1n) is 10.2. The van der Waals surface area contributed by atoms with Crippen LogP contribution >= 0.6 is 0 Å². The summed E-state index contributed by atoms with van der Waals surface area (Å²) in [5.41, 5.74) is 10.1. The molecule has 0 radical (unpaired) electrons. The molecule has 0 bridgehead atoms. The number of rotatable bonds is 8. The van der Waals surface area contributed by atoms with Gasteiger partial charge in [-0.15, -0.1) is 0 Å². The molecule has 0 aliphatic rings. The summed E-state index contributed by atoms with van der Waals surface area (Å²) in [4.78, 5) is 22.7. The van der Waals surface area contributed by atoms with Crippen LogP contribution in [-0.4, -0.2) is 42.2 Å². The van der Waals surface area contributed by atoms with E-state index in [-0.39, 0.29) is 12.5 Å². The molecule has 0 saturated carbocycles. The van der Waals surface area contributed by atoms with Gasteiger partial charge < -0.3 is 15.7 Å². The normalized spacial score (nSPS) is 10.9. The molecule has 0 fully saturated rings. The number of hydrogen-bond acceptors (Lipinski definition) is 6. The Bertz CT molecular complexity index is 1230. The van der Waals surface area contributed by atoms with Crippen LogP contribution in [0.4, 0.5) is 5.82 Å². The fourth-order valence-electron chi connectivity index (χ4n) is 3.57. The number of aliphatic hydroxyl groups excluding tert-OH is 1. The first-order chi connectivity index (χ1) is 15.6. The third-order valence-corrected chi connectivity index (χ3v) is 5.25. The van der Waals surface area contributed by atoms with Crippen molar-refractivity contribution in [3.05, 3.63) is 84.7 Å². The van der Waals surface area contributed by atoms with Gasteiger partial charge in [0.15, 0.2) is 5.65 Å². The van der Waals surface area contributed by atoms with Crippen LogP contribution in [0.1, 0.15) is 11.1 Å². The molecule has 0 saturated heterocycles. The number of hydrogen-bond donors (Lipinski definition) is 2. The molecule has 0 aliphatic carbocycles. The Balaban J connectivity index is 1.65. The van der Waals surface area contributed by atoms with Gasteiger partial charge in [-0.3, -0.25) is 4.79 Å². The summed E-state index contributed by atoms with van der Waals surface area (Å²) in [7, 11) is 0. The molecule has 0 unspecified atom stereocenters. The summed E-state index contributed by atoms with van der Waals surface area (Å²) in [5, 5.41) is 14.7. The predicted molar refractivity (Wildman–Crippen MR) is 123 cm³/mol. The van der Waals surface area contributed by atoms with Crippen molar-refractivity contribution in [2.75, 3.05) is 12.3 Å². The van der Waals surface area contributed by atoms with Crippen LogP contribution < -0.4 is 5.73 Å². The van der Waals surface area contributed by atoms with Gasteiger partial charge in [0, 0.05) is 18.7 Å². The summed E-state index contributed by atoms with van der Waals surface area (Å²) >= 11 is 0. The van der Waals surface area contributed by atoms with E-state index in [0.29, 0.717) is 42.2 Å². The second kappa shape index (κ2) is 9.40. The molecule has 4 rings (SSSR count). The van der Waals surface area contributed by atoms with Crippen molar-refractivity contribution in [1.29, 1.82) is 0 Å². The van der Waals surface area contributed by atoms with Crippen molar-refractivity contribution in [3.63, 3.8) is 0 Å². The minimum atomic E-state index is -0.153. The van der Waals surface area contributed by atoms with E-state index in [2.05, 4.69) is 16.5 Å². The van der Waals surface area contributed by atoms with E-state index in [1.54, 1.807) is 9.58 Å². The number of carbonyl (C=O) groups excluding carboxylic acids is 1. The van der Waals surface area contributed by atoms with E-state index in [9.17, 15) is 9.90 Å². The van der Waals surface area contributed by atoms with Gasteiger partial charge in [-0.2, -0.15) is 5.10 Å². The Hall–Kier alpha value is -4.04. The van der Waals surface area contributed by atoms with Gasteiger partial charge in [0.25, 0.3) is 0 Å². The van der Waals surface area contributed by atoms with Crippen molar-refractivity contribution in [1.82, 2.24) is 24.6 Å². The number of benzene rings is 2. The highest BCUT2D eigenvalue weighted by Crippen LogP contribution is 2.30. The van der Waals surface area contributed by atoms with Gasteiger partial charge in [-0.1, -0.05) is 61.2 Å². The summed E-state index contributed by atoms with van der Waals surface area (Å²) in [6, 6.07) is 17.2. The Morgan fingerprint density at radius 3 is 2.53 bits per heavy atom. The molecule has 8 heteroatoms. The first-order valence-corrected chi connectivity index (χ1v) is 10.2. The van der Waals surface area contributed by atoms with E-state index in [1.165, 1.54) is 12.4 Å². The number of carbonyl (C=O) groups is 1. The van der Waals surface area contributed by atoms with Crippen LogP contribution in [0.2, 0.25) is 0 Å². The maximum atomic E-state index is 12.5.